The molecule has 0 fully saturated rings. The Bertz CT molecular complexity index is 954. The second kappa shape index (κ2) is 6.80. The van der Waals surface area contributed by atoms with E-state index in [1.165, 1.54) is 18.3 Å². The van der Waals surface area contributed by atoms with Gasteiger partial charge in [0.2, 0.25) is 0 Å². The standard InChI is InChI=1S/C17H12ClF3N4O/c1-10-8-15(23-16(26)13-4-2-3-7-22-13)25(24-10)14-9-11(17(19,20)21)5-6-12(14)18/h2-9H,1H3,(H,23,26). The average molecular weight is 381 g/mol. The van der Waals surface area contributed by atoms with Gasteiger partial charge in [0.05, 0.1) is 22.0 Å². The third kappa shape index (κ3) is 3.70. The Morgan fingerprint density at radius 2 is 1.96 bits per heavy atom. The molecule has 0 unspecified atom stereocenters. The van der Waals surface area contributed by atoms with Crippen LogP contribution in [0.5, 0.6) is 0 Å². The van der Waals surface area contributed by atoms with Crippen molar-refractivity contribution in [3.8, 4) is 5.69 Å². The predicted octanol–water partition coefficient (Wildman–Crippen LogP) is 4.50. The summed E-state index contributed by atoms with van der Waals surface area (Å²) >= 11 is 6.06. The number of nitrogens with one attached hydrogen (secondary N) is 1. The molecule has 3 rings (SSSR count). The number of aromatic nitrogens is 3. The quantitative estimate of drug-likeness (QED) is 0.727. The van der Waals surface area contributed by atoms with Gasteiger partial charge in [-0.3, -0.25) is 9.78 Å². The highest BCUT2D eigenvalue weighted by atomic mass is 35.5. The first-order valence-electron chi connectivity index (χ1n) is 7.42. The zero-order valence-corrected chi connectivity index (χ0v) is 14.1. The minimum Gasteiger partial charge on any atom is -0.305 e. The first-order valence-corrected chi connectivity index (χ1v) is 7.79. The minimum absolute atomic E-state index is 0.00547. The van der Waals surface area contributed by atoms with E-state index in [2.05, 4.69) is 15.4 Å². The summed E-state index contributed by atoms with van der Waals surface area (Å²) in [7, 11) is 0. The highest BCUT2D eigenvalue weighted by Crippen LogP contribution is 2.34. The third-order valence-electron chi connectivity index (χ3n) is 3.47. The van der Waals surface area contributed by atoms with Gasteiger partial charge >= 0.3 is 6.18 Å². The lowest BCUT2D eigenvalue weighted by atomic mass is 10.2. The monoisotopic (exact) mass is 380 g/mol. The molecule has 2 aromatic heterocycles. The SMILES string of the molecule is Cc1cc(NC(=O)c2ccccn2)n(-c2cc(C(F)(F)F)ccc2Cl)n1. The molecule has 1 N–H and O–H groups in total. The lowest BCUT2D eigenvalue weighted by molar-refractivity contribution is -0.137. The molecule has 0 saturated carbocycles. The molecule has 0 atom stereocenters. The van der Waals surface area contributed by atoms with E-state index in [0.29, 0.717) is 5.69 Å². The molecular weight excluding hydrogens is 369 g/mol. The van der Waals surface area contributed by atoms with E-state index in [9.17, 15) is 18.0 Å². The Kier molecular flexibility index (Phi) is 4.69. The second-order valence-corrected chi connectivity index (χ2v) is 5.82. The van der Waals surface area contributed by atoms with Crippen LogP contribution in [0.4, 0.5) is 19.0 Å². The maximum atomic E-state index is 13.0. The summed E-state index contributed by atoms with van der Waals surface area (Å²) in [5.74, 6) is -0.339. The molecule has 0 radical (unpaired) electrons. The normalized spacial score (nSPS) is 11.4. The topological polar surface area (TPSA) is 59.8 Å². The van der Waals surface area contributed by atoms with Crippen molar-refractivity contribution in [1.29, 1.82) is 0 Å². The van der Waals surface area contributed by atoms with Crippen molar-refractivity contribution in [2.75, 3.05) is 5.32 Å². The summed E-state index contributed by atoms with van der Waals surface area (Å²) in [6.07, 6.45) is -3.07. The van der Waals surface area contributed by atoms with Crippen LogP contribution in [0.3, 0.4) is 0 Å². The summed E-state index contributed by atoms with van der Waals surface area (Å²) in [5, 5.41) is 6.80. The number of nitrogens with zero attached hydrogens (tertiary/aromatic N) is 3. The first kappa shape index (κ1) is 17.9. The molecule has 26 heavy (non-hydrogen) atoms. The summed E-state index contributed by atoms with van der Waals surface area (Å²) in [5.41, 5.74) is -0.208. The molecule has 0 aliphatic carbocycles. The fourth-order valence-electron chi connectivity index (χ4n) is 2.30. The van der Waals surface area contributed by atoms with Crippen molar-refractivity contribution in [1.82, 2.24) is 14.8 Å². The van der Waals surface area contributed by atoms with Gasteiger partial charge in [0.25, 0.3) is 5.91 Å². The number of pyridine rings is 1. The van der Waals surface area contributed by atoms with Gasteiger partial charge in [0, 0.05) is 12.3 Å². The molecule has 0 aliphatic rings. The summed E-state index contributed by atoms with van der Waals surface area (Å²) in [4.78, 5) is 16.2. The van der Waals surface area contributed by atoms with Crippen molar-refractivity contribution in [3.63, 3.8) is 0 Å². The van der Waals surface area contributed by atoms with Gasteiger partial charge in [-0.05, 0) is 37.3 Å². The molecule has 5 nitrogen and oxygen atoms in total. The summed E-state index contributed by atoms with van der Waals surface area (Å²) in [6, 6.07) is 9.25. The Labute approximate surface area is 151 Å². The van der Waals surface area contributed by atoms with E-state index >= 15 is 0 Å². The van der Waals surface area contributed by atoms with Gasteiger partial charge in [0.15, 0.2) is 0 Å². The number of alkyl halides is 3. The van der Waals surface area contributed by atoms with Crippen LogP contribution in [0.1, 0.15) is 21.7 Å². The van der Waals surface area contributed by atoms with Crippen LogP contribution < -0.4 is 5.32 Å². The van der Waals surface area contributed by atoms with E-state index in [1.54, 1.807) is 19.1 Å². The van der Waals surface area contributed by atoms with Crippen LogP contribution >= 0.6 is 11.6 Å². The van der Waals surface area contributed by atoms with Gasteiger partial charge in [-0.2, -0.15) is 18.3 Å². The van der Waals surface area contributed by atoms with Crippen molar-refractivity contribution in [2.45, 2.75) is 13.1 Å². The van der Waals surface area contributed by atoms with Crippen LogP contribution in [-0.4, -0.2) is 20.7 Å². The number of carbonyl (C=O) groups excluding carboxylic acids is 1. The molecule has 1 amide bonds. The molecule has 1 aromatic carbocycles. The summed E-state index contributed by atoms with van der Waals surface area (Å²) < 4.78 is 40.2. The number of benzene rings is 1. The van der Waals surface area contributed by atoms with Crippen molar-refractivity contribution in [3.05, 3.63) is 70.6 Å². The van der Waals surface area contributed by atoms with E-state index in [-0.39, 0.29) is 22.2 Å². The van der Waals surface area contributed by atoms with Crippen LogP contribution in [0.25, 0.3) is 5.69 Å². The lowest BCUT2D eigenvalue weighted by Crippen LogP contribution is -2.16. The maximum absolute atomic E-state index is 13.0. The predicted molar refractivity (Wildman–Crippen MR) is 90.5 cm³/mol. The number of amides is 1. The van der Waals surface area contributed by atoms with Gasteiger partial charge < -0.3 is 5.32 Å². The zero-order chi connectivity index (χ0) is 18.9. The smallest absolute Gasteiger partial charge is 0.305 e. The Morgan fingerprint density at radius 3 is 2.62 bits per heavy atom. The Hall–Kier alpha value is -2.87. The van der Waals surface area contributed by atoms with E-state index in [0.717, 1.165) is 22.9 Å². The fraction of sp³-hybridized carbons (Fsp3) is 0.118. The highest BCUT2D eigenvalue weighted by Gasteiger charge is 2.31. The van der Waals surface area contributed by atoms with Gasteiger partial charge in [-0.1, -0.05) is 17.7 Å². The van der Waals surface area contributed by atoms with E-state index in [1.807, 2.05) is 0 Å². The highest BCUT2D eigenvalue weighted by molar-refractivity contribution is 6.32. The molecule has 9 heteroatoms. The number of rotatable bonds is 3. The van der Waals surface area contributed by atoms with E-state index in [4.69, 9.17) is 11.6 Å². The fourth-order valence-corrected chi connectivity index (χ4v) is 2.50. The Morgan fingerprint density at radius 1 is 1.19 bits per heavy atom. The van der Waals surface area contributed by atoms with Crippen LogP contribution in [0, 0.1) is 6.92 Å². The van der Waals surface area contributed by atoms with Crippen molar-refractivity contribution >= 4 is 23.3 Å². The first-order chi connectivity index (χ1) is 12.3. The molecular formula is C17H12ClF3N4O. The maximum Gasteiger partial charge on any atom is 0.416 e. The van der Waals surface area contributed by atoms with E-state index < -0.39 is 17.6 Å². The molecule has 134 valence electrons. The van der Waals surface area contributed by atoms with Crippen LogP contribution in [-0.2, 0) is 6.18 Å². The Balaban J connectivity index is 2.01. The number of aryl methyl sites for hydroxylation is 1. The number of hydrogen-bond acceptors (Lipinski definition) is 3. The largest absolute Gasteiger partial charge is 0.416 e. The minimum atomic E-state index is -4.53. The second-order valence-electron chi connectivity index (χ2n) is 5.42. The number of anilines is 1. The molecule has 0 spiro atoms. The van der Waals surface area contributed by atoms with Gasteiger partial charge in [0.1, 0.15) is 11.5 Å². The van der Waals surface area contributed by atoms with Gasteiger partial charge in [-0.15, -0.1) is 0 Å². The molecule has 2 heterocycles. The average Bonchev–Trinajstić information content (AvgIpc) is 2.95. The molecule has 3 aromatic rings. The van der Waals surface area contributed by atoms with Gasteiger partial charge in [-0.25, -0.2) is 4.68 Å². The van der Waals surface area contributed by atoms with Crippen LogP contribution in [0.15, 0.2) is 48.7 Å². The van der Waals surface area contributed by atoms with Crippen molar-refractivity contribution < 1.29 is 18.0 Å². The lowest BCUT2D eigenvalue weighted by Gasteiger charge is -2.13. The molecule has 0 aliphatic heterocycles. The molecule has 0 saturated heterocycles. The number of halogens is 4. The van der Waals surface area contributed by atoms with Crippen molar-refractivity contribution in [2.24, 2.45) is 0 Å². The van der Waals surface area contributed by atoms with Crippen LogP contribution in [0.2, 0.25) is 5.02 Å². The molecule has 0 bridgehead atoms. The zero-order valence-electron chi connectivity index (χ0n) is 13.4. The number of carbonyl (C=O) groups is 1. The summed E-state index contributed by atoms with van der Waals surface area (Å²) in [6.45, 7) is 1.65. The number of hydrogen-bond donors (Lipinski definition) is 1. The third-order valence-corrected chi connectivity index (χ3v) is 3.79.